The number of aromatic amines is 1. The molecule has 2 nitrogen and oxygen atoms in total. The largest absolute Gasteiger partial charge is 0.396 e. The van der Waals surface area contributed by atoms with E-state index in [1.165, 1.54) is 11.3 Å². The van der Waals surface area contributed by atoms with Crippen molar-refractivity contribution in [1.29, 1.82) is 0 Å². The van der Waals surface area contributed by atoms with E-state index in [0.29, 0.717) is 0 Å². The molecule has 0 aliphatic rings. The average molecular weight is 139 g/mol. The highest BCUT2D eigenvalue weighted by molar-refractivity contribution is 5.14. The van der Waals surface area contributed by atoms with Crippen LogP contribution >= 0.6 is 0 Å². The molecule has 1 rings (SSSR count). The van der Waals surface area contributed by atoms with Crippen molar-refractivity contribution in [2.75, 3.05) is 6.61 Å². The molecule has 56 valence electrons. The van der Waals surface area contributed by atoms with E-state index in [0.717, 1.165) is 12.8 Å². The molecule has 1 aromatic heterocycles. The van der Waals surface area contributed by atoms with E-state index < -0.39 is 0 Å². The zero-order valence-electron chi connectivity index (χ0n) is 6.22. The standard InChI is InChI=1S/C8H13NO/c1-7-5-8(9-6-7)3-2-4-10/h5-6,9-10H,2-4H2,1H3. The van der Waals surface area contributed by atoms with Crippen molar-refractivity contribution in [3.8, 4) is 0 Å². The number of rotatable bonds is 3. The van der Waals surface area contributed by atoms with Crippen molar-refractivity contribution in [1.82, 2.24) is 4.98 Å². The number of aromatic nitrogens is 1. The van der Waals surface area contributed by atoms with Crippen molar-refractivity contribution in [3.63, 3.8) is 0 Å². The van der Waals surface area contributed by atoms with Crippen LogP contribution in [0.1, 0.15) is 17.7 Å². The molecule has 0 spiro atoms. The van der Waals surface area contributed by atoms with E-state index in [-0.39, 0.29) is 6.61 Å². The number of aryl methyl sites for hydroxylation is 2. The molecule has 10 heavy (non-hydrogen) atoms. The zero-order chi connectivity index (χ0) is 7.40. The van der Waals surface area contributed by atoms with Crippen LogP contribution in [0.25, 0.3) is 0 Å². The minimum Gasteiger partial charge on any atom is -0.396 e. The Bertz CT molecular complexity index is 193. The predicted octanol–water partition coefficient (Wildman–Crippen LogP) is 1.25. The molecule has 0 fully saturated rings. The topological polar surface area (TPSA) is 36.0 Å². The fourth-order valence-corrected chi connectivity index (χ4v) is 0.979. The molecule has 0 radical (unpaired) electrons. The lowest BCUT2D eigenvalue weighted by Gasteiger charge is -1.91. The van der Waals surface area contributed by atoms with Gasteiger partial charge in [0.2, 0.25) is 0 Å². The van der Waals surface area contributed by atoms with Crippen molar-refractivity contribution >= 4 is 0 Å². The molecule has 1 heterocycles. The van der Waals surface area contributed by atoms with Crippen LogP contribution in [-0.4, -0.2) is 16.7 Å². The summed E-state index contributed by atoms with van der Waals surface area (Å²) in [7, 11) is 0. The number of hydrogen-bond donors (Lipinski definition) is 2. The third kappa shape index (κ3) is 1.88. The van der Waals surface area contributed by atoms with Gasteiger partial charge in [-0.2, -0.15) is 0 Å². The van der Waals surface area contributed by atoms with E-state index in [1.807, 2.05) is 6.20 Å². The molecular weight excluding hydrogens is 126 g/mol. The van der Waals surface area contributed by atoms with Crippen LogP contribution in [0.5, 0.6) is 0 Å². The second kappa shape index (κ2) is 3.42. The zero-order valence-corrected chi connectivity index (χ0v) is 6.22. The van der Waals surface area contributed by atoms with Gasteiger partial charge >= 0.3 is 0 Å². The van der Waals surface area contributed by atoms with Crippen molar-refractivity contribution in [3.05, 3.63) is 23.5 Å². The van der Waals surface area contributed by atoms with Crippen LogP contribution in [0.4, 0.5) is 0 Å². The van der Waals surface area contributed by atoms with Crippen molar-refractivity contribution in [2.45, 2.75) is 19.8 Å². The van der Waals surface area contributed by atoms with Gasteiger partial charge in [0.15, 0.2) is 0 Å². The highest BCUT2D eigenvalue weighted by Gasteiger charge is 1.93. The van der Waals surface area contributed by atoms with Crippen LogP contribution < -0.4 is 0 Å². The summed E-state index contributed by atoms with van der Waals surface area (Å²) in [5.74, 6) is 0. The quantitative estimate of drug-likeness (QED) is 0.649. The van der Waals surface area contributed by atoms with Gasteiger partial charge in [0.25, 0.3) is 0 Å². The SMILES string of the molecule is Cc1c[nH]c(CCCO)c1. The van der Waals surface area contributed by atoms with Gasteiger partial charge in [0.05, 0.1) is 0 Å². The fourth-order valence-electron chi connectivity index (χ4n) is 0.979. The van der Waals surface area contributed by atoms with Gasteiger partial charge in [0, 0.05) is 18.5 Å². The molecule has 0 aliphatic carbocycles. The first-order valence-electron chi connectivity index (χ1n) is 3.57. The molecular formula is C8H13NO. The summed E-state index contributed by atoms with van der Waals surface area (Å²) in [6.07, 6.45) is 3.77. The molecule has 0 amide bonds. The molecule has 0 aromatic carbocycles. The van der Waals surface area contributed by atoms with Crippen molar-refractivity contribution < 1.29 is 5.11 Å². The number of aliphatic hydroxyl groups excluding tert-OH is 1. The van der Waals surface area contributed by atoms with E-state index in [4.69, 9.17) is 5.11 Å². The third-order valence-electron chi connectivity index (χ3n) is 1.49. The van der Waals surface area contributed by atoms with Crippen LogP contribution in [0.3, 0.4) is 0 Å². The second-order valence-corrected chi connectivity index (χ2v) is 2.53. The minimum atomic E-state index is 0.276. The van der Waals surface area contributed by atoms with Crippen LogP contribution in [0.15, 0.2) is 12.3 Å². The van der Waals surface area contributed by atoms with Gasteiger partial charge in [0.1, 0.15) is 0 Å². The summed E-state index contributed by atoms with van der Waals surface area (Å²) < 4.78 is 0. The average Bonchev–Trinajstić information content (AvgIpc) is 2.31. The summed E-state index contributed by atoms with van der Waals surface area (Å²) in [5, 5.41) is 8.52. The highest BCUT2D eigenvalue weighted by Crippen LogP contribution is 2.03. The van der Waals surface area contributed by atoms with Crippen molar-refractivity contribution in [2.24, 2.45) is 0 Å². The molecule has 0 aliphatic heterocycles. The summed E-state index contributed by atoms with van der Waals surface area (Å²) >= 11 is 0. The Labute approximate surface area is 60.9 Å². The summed E-state index contributed by atoms with van der Waals surface area (Å²) in [4.78, 5) is 3.13. The molecule has 0 bridgehead atoms. The lowest BCUT2D eigenvalue weighted by Crippen LogP contribution is -1.88. The second-order valence-electron chi connectivity index (χ2n) is 2.53. The maximum atomic E-state index is 8.52. The first-order chi connectivity index (χ1) is 4.83. The molecule has 0 saturated heterocycles. The lowest BCUT2D eigenvalue weighted by atomic mass is 10.2. The molecule has 0 unspecified atom stereocenters. The smallest absolute Gasteiger partial charge is 0.0434 e. The Morgan fingerprint density at radius 3 is 2.90 bits per heavy atom. The van der Waals surface area contributed by atoms with Crippen LogP contribution in [-0.2, 0) is 6.42 Å². The summed E-state index contributed by atoms with van der Waals surface area (Å²) in [5.41, 5.74) is 2.47. The first kappa shape index (κ1) is 7.35. The normalized spacial score (nSPS) is 10.2. The third-order valence-corrected chi connectivity index (χ3v) is 1.49. The summed E-state index contributed by atoms with van der Waals surface area (Å²) in [6, 6.07) is 2.11. The van der Waals surface area contributed by atoms with Crippen LogP contribution in [0, 0.1) is 6.92 Å². The number of hydrogen-bond acceptors (Lipinski definition) is 1. The fraction of sp³-hybridized carbons (Fsp3) is 0.500. The Balaban J connectivity index is 2.42. The number of nitrogens with one attached hydrogen (secondary N) is 1. The maximum Gasteiger partial charge on any atom is 0.0434 e. The Morgan fingerprint density at radius 1 is 1.60 bits per heavy atom. The van der Waals surface area contributed by atoms with Gasteiger partial charge in [-0.3, -0.25) is 0 Å². The van der Waals surface area contributed by atoms with E-state index in [9.17, 15) is 0 Å². The predicted molar refractivity (Wildman–Crippen MR) is 40.9 cm³/mol. The highest BCUT2D eigenvalue weighted by atomic mass is 16.2. The molecule has 2 heteroatoms. The van der Waals surface area contributed by atoms with E-state index >= 15 is 0 Å². The van der Waals surface area contributed by atoms with Gasteiger partial charge in [-0.25, -0.2) is 0 Å². The number of aliphatic hydroxyl groups is 1. The molecule has 0 saturated carbocycles. The van der Waals surface area contributed by atoms with Gasteiger partial charge in [-0.05, 0) is 31.4 Å². The summed E-state index contributed by atoms with van der Waals surface area (Å²) in [6.45, 7) is 2.33. The molecule has 1 aromatic rings. The lowest BCUT2D eigenvalue weighted by molar-refractivity contribution is 0.288. The Hall–Kier alpha value is -0.760. The van der Waals surface area contributed by atoms with E-state index in [1.54, 1.807) is 0 Å². The van der Waals surface area contributed by atoms with Gasteiger partial charge in [-0.15, -0.1) is 0 Å². The maximum absolute atomic E-state index is 8.52. The van der Waals surface area contributed by atoms with Gasteiger partial charge in [-0.1, -0.05) is 0 Å². The minimum absolute atomic E-state index is 0.276. The molecule has 2 N–H and O–H groups in total. The Morgan fingerprint density at radius 2 is 2.40 bits per heavy atom. The van der Waals surface area contributed by atoms with Crippen LogP contribution in [0.2, 0.25) is 0 Å². The first-order valence-corrected chi connectivity index (χ1v) is 3.57. The molecule has 0 atom stereocenters. The monoisotopic (exact) mass is 139 g/mol. The Kier molecular flexibility index (Phi) is 2.51. The van der Waals surface area contributed by atoms with E-state index in [2.05, 4.69) is 18.0 Å². The van der Waals surface area contributed by atoms with Gasteiger partial charge < -0.3 is 10.1 Å². The number of H-pyrrole nitrogens is 1.